The molecular formula is C97H192Cl2N4O8S2. The third-order valence-electron chi connectivity index (χ3n) is 21.5. The molecule has 1 rings (SSSR count). The van der Waals surface area contributed by atoms with Crippen molar-refractivity contribution in [3.8, 4) is 0 Å². The largest absolute Gasteiger partial charge is 0.381 e. The van der Waals surface area contributed by atoms with Gasteiger partial charge in [-0.15, -0.1) is 0 Å². The maximum Gasteiger partial charge on any atom is 0.248 e. The van der Waals surface area contributed by atoms with E-state index in [1.807, 2.05) is 9.80 Å². The molecule has 1 heterocycles. The van der Waals surface area contributed by atoms with Crippen LogP contribution in [-0.4, -0.2) is 157 Å². The van der Waals surface area contributed by atoms with Crippen LogP contribution in [0.2, 0.25) is 0 Å². The Hall–Kier alpha value is -1.52. The smallest absolute Gasteiger partial charge is 0.248 e. The van der Waals surface area contributed by atoms with Gasteiger partial charge in [-0.2, -0.15) is 0 Å². The van der Waals surface area contributed by atoms with Crippen LogP contribution in [0.15, 0.2) is 0 Å². The molecule has 1 aliphatic heterocycles. The first-order valence-electron chi connectivity index (χ1n) is 49.0. The predicted molar refractivity (Wildman–Crippen MR) is 503 cm³/mol. The zero-order chi connectivity index (χ0) is 83.9. The van der Waals surface area contributed by atoms with Crippen molar-refractivity contribution in [3.05, 3.63) is 0 Å². The molecule has 1 fully saturated rings. The van der Waals surface area contributed by atoms with Crippen LogP contribution in [0.25, 0.3) is 0 Å². The molecule has 0 spiro atoms. The van der Waals surface area contributed by atoms with Crippen molar-refractivity contribution in [1.82, 2.24) is 19.6 Å². The molecule has 0 aromatic rings. The Balaban J connectivity index is -0.000000764. The molecule has 674 valence electrons. The monoisotopic (exact) mass is 1680 g/mol. The van der Waals surface area contributed by atoms with E-state index in [9.17, 15) is 19.2 Å². The molecule has 1 aliphatic rings. The van der Waals surface area contributed by atoms with Gasteiger partial charge in [0, 0.05) is 65.6 Å². The van der Waals surface area contributed by atoms with Gasteiger partial charge < -0.3 is 38.5 Å². The molecule has 12 nitrogen and oxygen atoms in total. The highest BCUT2D eigenvalue weighted by atomic mass is 35.5. The van der Waals surface area contributed by atoms with Crippen molar-refractivity contribution in [2.45, 2.75) is 487 Å². The van der Waals surface area contributed by atoms with E-state index in [0.717, 1.165) is 101 Å². The lowest BCUT2D eigenvalue weighted by Gasteiger charge is -2.27. The lowest BCUT2D eigenvalue weighted by atomic mass is 10.0. The fraction of sp³-hybridized carbons (Fsp3) is 0.938. The normalized spacial score (nSPS) is 11.6. The fourth-order valence-electron chi connectivity index (χ4n) is 14.1. The number of unbranched alkanes of at least 4 members (excludes halogenated alkanes) is 54. The standard InChI is InChI=1S/C36H72N2O3.C36H72N2OS2.C17H36.C4H4Cl2O3.C4H8O/c1-5-9-13-17-21-25-29-37(30-26-22-18-14-10-6-2)35(39)33-41-34-36(40)38(31-27-23-19-15-11-7-3)32-28-24-20-16-12-8-4;1-5-9-13-17-21-25-29-37(30-26-22-18-14-10-6-2)35(40)33-39-34-36(41)38(31-27-23-19-15-11-7-3)32-28-24-20-16-12-8-4;1-3-5-7-9-11-13-15-17-16-14-12-10-8-6-4-2;5-3(7)1-9-2-4(6)8;1-2-4-5-3-1/h2*5-34H2,1-4H3;3-17H2,1-2H3;1-2H2;1-4H2. The number of hydrogen-bond acceptors (Lipinski definition) is 10. The van der Waals surface area contributed by atoms with E-state index in [4.69, 9.17) is 61.8 Å². The molecule has 0 aliphatic carbocycles. The maximum atomic E-state index is 13.1. The zero-order valence-corrected chi connectivity index (χ0v) is 80.0. The van der Waals surface area contributed by atoms with Gasteiger partial charge in [-0.05, 0) is 87.4 Å². The summed E-state index contributed by atoms with van der Waals surface area (Å²) in [7, 11) is 0. The van der Waals surface area contributed by atoms with E-state index in [2.05, 4.69) is 83.8 Å². The third-order valence-corrected chi connectivity index (χ3v) is 22.5. The lowest BCUT2D eigenvalue weighted by molar-refractivity contribution is -0.142. The van der Waals surface area contributed by atoms with Crippen molar-refractivity contribution in [2.75, 3.05) is 105 Å². The summed E-state index contributed by atoms with van der Waals surface area (Å²) in [6.07, 6.45) is 85.7. The third kappa shape index (κ3) is 97.5. The van der Waals surface area contributed by atoms with Gasteiger partial charge in [0.05, 0.1) is 13.2 Å². The maximum absolute atomic E-state index is 13.1. The van der Waals surface area contributed by atoms with Gasteiger partial charge in [-0.25, -0.2) is 0 Å². The minimum atomic E-state index is -0.645. The van der Waals surface area contributed by atoms with Crippen LogP contribution in [0.4, 0.5) is 0 Å². The Bertz CT molecular complexity index is 1650. The van der Waals surface area contributed by atoms with Gasteiger partial charge in [0.25, 0.3) is 0 Å². The lowest BCUT2D eigenvalue weighted by Crippen LogP contribution is -2.39. The van der Waals surface area contributed by atoms with E-state index >= 15 is 0 Å². The van der Waals surface area contributed by atoms with Crippen LogP contribution in [0, 0.1) is 0 Å². The van der Waals surface area contributed by atoms with E-state index in [1.54, 1.807) is 0 Å². The summed E-state index contributed by atoms with van der Waals surface area (Å²) < 4.78 is 21.3. The Labute approximate surface area is 724 Å². The van der Waals surface area contributed by atoms with Crippen LogP contribution in [0.5, 0.6) is 0 Å². The SMILES string of the molecule is C1CCOC1.CCCCCCCCCCCCCCCCC.CCCCCCCCN(CCCCCCCC)C(=O)COCC(=O)N(CCCCCCCC)CCCCCCCC.CCCCCCCCN(CCCCCCCC)C(=S)COCC(=S)N(CCCCCCCC)CCCCCCCC.O=C(Cl)COCC(=O)Cl. The molecule has 0 aromatic heterocycles. The average Bonchev–Trinajstić information content (AvgIpc) is 1.43. The summed E-state index contributed by atoms with van der Waals surface area (Å²) in [4.78, 5) is 56.9. The van der Waals surface area contributed by atoms with Crippen LogP contribution in [-0.2, 0) is 38.1 Å². The quantitative estimate of drug-likeness (QED) is 0.0328. The Morgan fingerprint density at radius 3 is 0.540 bits per heavy atom. The second-order valence-corrected chi connectivity index (χ2v) is 34.6. The fourth-order valence-corrected chi connectivity index (χ4v) is 14.8. The first kappa shape index (κ1) is 118. The second-order valence-electron chi connectivity index (χ2n) is 32.8. The number of carbonyl (C=O) groups excluding carboxylic acids is 4. The average molecular weight is 1680 g/mol. The molecule has 0 unspecified atom stereocenters. The van der Waals surface area contributed by atoms with Crippen molar-refractivity contribution in [3.63, 3.8) is 0 Å². The van der Waals surface area contributed by atoms with Crippen molar-refractivity contribution in [1.29, 1.82) is 0 Å². The number of amides is 2. The molecule has 0 atom stereocenters. The number of carbonyl (C=O) groups is 4. The number of nitrogens with zero attached hydrogens (tertiary/aromatic N) is 4. The van der Waals surface area contributed by atoms with Crippen LogP contribution >= 0.6 is 47.6 Å². The van der Waals surface area contributed by atoms with Crippen LogP contribution < -0.4 is 0 Å². The molecule has 1 saturated heterocycles. The van der Waals surface area contributed by atoms with E-state index in [0.29, 0.717) is 13.2 Å². The molecular weight excluding hydrogens is 1480 g/mol. The van der Waals surface area contributed by atoms with E-state index in [1.165, 1.54) is 392 Å². The summed E-state index contributed by atoms with van der Waals surface area (Å²) in [5.41, 5.74) is 0. The summed E-state index contributed by atoms with van der Waals surface area (Å²) >= 11 is 21.5. The van der Waals surface area contributed by atoms with Crippen molar-refractivity contribution >= 4 is 79.9 Å². The zero-order valence-electron chi connectivity index (χ0n) is 76.9. The van der Waals surface area contributed by atoms with Crippen molar-refractivity contribution < 1.29 is 38.1 Å². The number of ether oxygens (including phenoxy) is 4. The first-order valence-corrected chi connectivity index (χ1v) is 50.6. The van der Waals surface area contributed by atoms with Gasteiger partial charge in [0.1, 0.15) is 36.4 Å². The van der Waals surface area contributed by atoms with Gasteiger partial charge in [-0.3, -0.25) is 19.2 Å². The molecule has 2 amide bonds. The topological polar surface area (TPSA) is 118 Å². The van der Waals surface area contributed by atoms with E-state index in [-0.39, 0.29) is 38.2 Å². The number of rotatable bonds is 82. The predicted octanol–water partition coefficient (Wildman–Crippen LogP) is 30.0. The van der Waals surface area contributed by atoms with Crippen LogP contribution in [0.3, 0.4) is 0 Å². The van der Waals surface area contributed by atoms with Gasteiger partial charge in [0.15, 0.2) is 0 Å². The minimum Gasteiger partial charge on any atom is -0.381 e. The molecule has 0 radical (unpaired) electrons. The Morgan fingerprint density at radius 1 is 0.230 bits per heavy atom. The number of hydrogen-bond donors (Lipinski definition) is 0. The molecule has 0 saturated carbocycles. The van der Waals surface area contributed by atoms with Gasteiger partial charge in [-0.1, -0.05) is 447 Å². The summed E-state index contributed by atoms with van der Waals surface area (Å²) in [5.74, 6) is 0.108. The van der Waals surface area contributed by atoms with Gasteiger partial charge >= 0.3 is 0 Å². The minimum absolute atomic E-state index is 0.0271. The van der Waals surface area contributed by atoms with E-state index < -0.39 is 10.5 Å². The highest BCUT2D eigenvalue weighted by molar-refractivity contribution is 7.80. The second kappa shape index (κ2) is 103. The highest BCUT2D eigenvalue weighted by Gasteiger charge is 2.19. The molecule has 0 aromatic carbocycles. The van der Waals surface area contributed by atoms with Gasteiger partial charge in [0.2, 0.25) is 22.3 Å². The molecule has 0 N–H and O–H groups in total. The van der Waals surface area contributed by atoms with Crippen molar-refractivity contribution in [2.24, 2.45) is 0 Å². The summed E-state index contributed by atoms with van der Waals surface area (Å²) in [6, 6.07) is 0. The summed E-state index contributed by atoms with van der Waals surface area (Å²) in [6.45, 7) is 32.9. The first-order chi connectivity index (χ1) is 55.2. The molecule has 0 bridgehead atoms. The molecule has 16 heteroatoms. The van der Waals surface area contributed by atoms with Crippen LogP contribution in [0.1, 0.15) is 487 Å². The highest BCUT2D eigenvalue weighted by Crippen LogP contribution is 2.18. The summed E-state index contributed by atoms with van der Waals surface area (Å²) in [5, 5.41) is -1.29. The Kier molecular flexibility index (Phi) is 107. The molecule has 113 heavy (non-hydrogen) atoms. The number of thiocarbonyl (C=S) groups is 2. The Morgan fingerprint density at radius 2 is 0.381 bits per heavy atom. The number of halogens is 2.